The Hall–Kier alpha value is -2.08. The minimum atomic E-state index is -0.347. The zero-order valence-corrected chi connectivity index (χ0v) is 49.3. The summed E-state index contributed by atoms with van der Waals surface area (Å²) in [5.74, 6) is 0. The standard InChI is InChI=1S/C66H116/c1-33-59(51(9,10)11)42-41-43-60(34-2,52(12,13)14)45-62(36-4,54(18,19)20)47-64(38-6,56(24,25)26)49-66(40-8,58(30,31)32)50-65(39-7,57(27,28)29)48-63(37-5,55(21,22)23)46-61(35-3,44-59)53(15,16)17/h33-40H,1-8,41-50H2,9-32H3. The third-order valence-electron chi connectivity index (χ3n) is 20.7. The van der Waals surface area contributed by atoms with E-state index in [9.17, 15) is 0 Å². The molecule has 0 spiro atoms. The van der Waals surface area contributed by atoms with Crippen LogP contribution in [0, 0.1) is 86.6 Å². The van der Waals surface area contributed by atoms with Crippen LogP contribution >= 0.6 is 0 Å². The minimum Gasteiger partial charge on any atom is -0.103 e. The predicted octanol–water partition coefficient (Wildman–Crippen LogP) is 21.6. The molecule has 0 aromatic heterocycles. The Balaban J connectivity index is 5.26. The van der Waals surface area contributed by atoms with Gasteiger partial charge in [0.05, 0.1) is 0 Å². The first-order valence-electron chi connectivity index (χ1n) is 26.2. The van der Waals surface area contributed by atoms with Gasteiger partial charge in [-0.2, -0.15) is 0 Å². The van der Waals surface area contributed by atoms with Gasteiger partial charge in [0.1, 0.15) is 0 Å². The molecule has 8 atom stereocenters. The van der Waals surface area contributed by atoms with E-state index in [1.807, 2.05) is 0 Å². The summed E-state index contributed by atoms with van der Waals surface area (Å²) < 4.78 is 0. The number of hydrogen-bond donors (Lipinski definition) is 0. The van der Waals surface area contributed by atoms with Gasteiger partial charge in [-0.15, -0.1) is 52.6 Å². The van der Waals surface area contributed by atoms with Crippen LogP contribution in [0.15, 0.2) is 101 Å². The second-order valence-corrected chi connectivity index (χ2v) is 31.0. The van der Waals surface area contributed by atoms with E-state index in [1.54, 1.807) is 0 Å². The Kier molecular flexibility index (Phi) is 18.1. The van der Waals surface area contributed by atoms with Crippen LogP contribution in [0.1, 0.15) is 230 Å². The van der Waals surface area contributed by atoms with E-state index in [2.05, 4.69) is 215 Å². The Morgan fingerprint density at radius 3 is 0.409 bits per heavy atom. The van der Waals surface area contributed by atoms with E-state index in [-0.39, 0.29) is 86.6 Å². The third kappa shape index (κ3) is 11.1. The van der Waals surface area contributed by atoms with E-state index >= 15 is 0 Å². The Labute approximate surface area is 416 Å². The van der Waals surface area contributed by atoms with Gasteiger partial charge in [0.2, 0.25) is 0 Å². The molecule has 1 aliphatic carbocycles. The zero-order valence-electron chi connectivity index (χ0n) is 49.3. The number of allylic oxidation sites excluding steroid dienone is 8. The van der Waals surface area contributed by atoms with Gasteiger partial charge in [-0.3, -0.25) is 0 Å². The highest BCUT2D eigenvalue weighted by Crippen LogP contribution is 2.71. The summed E-state index contributed by atoms with van der Waals surface area (Å²) in [5.41, 5.74) is -3.43. The molecule has 1 saturated carbocycles. The van der Waals surface area contributed by atoms with Crippen molar-refractivity contribution in [3.05, 3.63) is 101 Å². The molecule has 0 aliphatic heterocycles. The lowest BCUT2D eigenvalue weighted by molar-refractivity contribution is -0.0905. The first-order chi connectivity index (χ1) is 29.1. The molecule has 66 heavy (non-hydrogen) atoms. The molecule has 1 fully saturated rings. The normalized spacial score (nSPS) is 35.0. The Morgan fingerprint density at radius 2 is 0.318 bits per heavy atom. The highest BCUT2D eigenvalue weighted by Gasteiger charge is 2.62. The van der Waals surface area contributed by atoms with Gasteiger partial charge in [-0.25, -0.2) is 0 Å². The second-order valence-electron chi connectivity index (χ2n) is 31.0. The highest BCUT2D eigenvalue weighted by molar-refractivity contribution is 5.25. The molecule has 0 N–H and O–H groups in total. The van der Waals surface area contributed by atoms with Gasteiger partial charge < -0.3 is 0 Å². The van der Waals surface area contributed by atoms with E-state index in [0.717, 1.165) is 64.2 Å². The van der Waals surface area contributed by atoms with E-state index in [0.29, 0.717) is 0 Å². The zero-order chi connectivity index (χ0) is 52.7. The fraction of sp³-hybridized carbons (Fsp3) is 0.758. The number of hydrogen-bond acceptors (Lipinski definition) is 0. The van der Waals surface area contributed by atoms with Crippen molar-refractivity contribution in [2.45, 2.75) is 230 Å². The molecule has 0 heteroatoms. The van der Waals surface area contributed by atoms with Gasteiger partial charge >= 0.3 is 0 Å². The summed E-state index contributed by atoms with van der Waals surface area (Å²) >= 11 is 0. The van der Waals surface area contributed by atoms with Crippen LogP contribution in [0.4, 0.5) is 0 Å². The summed E-state index contributed by atoms with van der Waals surface area (Å²) in [7, 11) is 0. The van der Waals surface area contributed by atoms with Crippen molar-refractivity contribution in [2.75, 3.05) is 0 Å². The summed E-state index contributed by atoms with van der Waals surface area (Å²) in [6.45, 7) is 97.9. The van der Waals surface area contributed by atoms with Crippen molar-refractivity contribution < 1.29 is 0 Å². The Bertz CT molecular complexity index is 1610. The average molecular weight is 910 g/mol. The third-order valence-corrected chi connectivity index (χ3v) is 20.7. The molecular formula is C66H116. The first kappa shape index (κ1) is 61.9. The summed E-state index contributed by atoms with van der Waals surface area (Å²) in [6.07, 6.45) is 28.5. The van der Waals surface area contributed by atoms with E-state index < -0.39 is 0 Å². The largest absolute Gasteiger partial charge is 0.103 e. The molecule has 0 radical (unpaired) electrons. The van der Waals surface area contributed by atoms with Gasteiger partial charge in [0, 0.05) is 0 Å². The van der Waals surface area contributed by atoms with Crippen molar-refractivity contribution in [3.8, 4) is 0 Å². The fourth-order valence-electron chi connectivity index (χ4n) is 13.3. The maximum absolute atomic E-state index is 4.89. The molecule has 0 aromatic rings. The SMILES string of the molecule is C=CC1(C(C)(C)C)CCCC(C=C)(C(C)(C)C)CC(C=C)(C(C)(C)C)CC(C=C)(C(C)(C)C)CC(C=C)(C(C)(C)C)CC(C=C)(C(C)(C)C)CC(C=C)(C(C)(C)C)CC(C=C)(C(C)(C)C)C1. The van der Waals surface area contributed by atoms with E-state index in [1.165, 1.54) is 0 Å². The lowest BCUT2D eigenvalue weighted by atomic mass is 9.41. The van der Waals surface area contributed by atoms with Crippen LogP contribution in [-0.2, 0) is 0 Å². The van der Waals surface area contributed by atoms with Crippen molar-refractivity contribution >= 4 is 0 Å². The summed E-state index contributed by atoms with van der Waals surface area (Å²) in [5, 5.41) is 0. The molecule has 0 heterocycles. The topological polar surface area (TPSA) is 0 Å². The second kappa shape index (κ2) is 19.3. The van der Waals surface area contributed by atoms with Crippen LogP contribution < -0.4 is 0 Å². The molecule has 0 amide bonds. The summed E-state index contributed by atoms with van der Waals surface area (Å²) in [4.78, 5) is 0. The van der Waals surface area contributed by atoms with Crippen molar-refractivity contribution in [3.63, 3.8) is 0 Å². The van der Waals surface area contributed by atoms with Crippen molar-refractivity contribution in [1.29, 1.82) is 0 Å². The summed E-state index contributed by atoms with van der Waals surface area (Å²) in [6, 6.07) is 0. The van der Waals surface area contributed by atoms with Crippen LogP contribution in [0.25, 0.3) is 0 Å². The Morgan fingerprint density at radius 1 is 0.212 bits per heavy atom. The average Bonchev–Trinajstić information content (AvgIpc) is 3.13. The molecule has 8 unspecified atom stereocenters. The molecular weight excluding hydrogens is 793 g/mol. The first-order valence-corrected chi connectivity index (χ1v) is 26.2. The van der Waals surface area contributed by atoms with Gasteiger partial charge in [0.15, 0.2) is 0 Å². The molecule has 380 valence electrons. The molecule has 1 aliphatic rings. The smallest absolute Gasteiger partial charge is 0.00555 e. The maximum Gasteiger partial charge on any atom is -0.00555 e. The molecule has 0 nitrogen and oxygen atoms in total. The van der Waals surface area contributed by atoms with Gasteiger partial charge in [0.25, 0.3) is 0 Å². The van der Waals surface area contributed by atoms with Gasteiger partial charge in [-0.1, -0.05) is 221 Å². The van der Waals surface area contributed by atoms with Crippen molar-refractivity contribution in [1.82, 2.24) is 0 Å². The molecule has 0 aromatic carbocycles. The maximum atomic E-state index is 4.89. The van der Waals surface area contributed by atoms with Crippen LogP contribution in [0.3, 0.4) is 0 Å². The van der Waals surface area contributed by atoms with Crippen LogP contribution in [0.5, 0.6) is 0 Å². The predicted molar refractivity (Wildman–Crippen MR) is 303 cm³/mol. The van der Waals surface area contributed by atoms with Crippen LogP contribution in [-0.4, -0.2) is 0 Å². The highest BCUT2D eigenvalue weighted by atomic mass is 14.7. The fourth-order valence-corrected chi connectivity index (χ4v) is 13.3. The lowest BCUT2D eigenvalue weighted by Crippen LogP contribution is -2.55. The molecule has 0 bridgehead atoms. The molecule has 1 rings (SSSR count). The number of rotatable bonds is 8. The van der Waals surface area contributed by atoms with E-state index in [4.69, 9.17) is 52.6 Å². The quantitative estimate of drug-likeness (QED) is 0.213. The minimum absolute atomic E-state index is 0.0780. The van der Waals surface area contributed by atoms with Crippen LogP contribution in [0.2, 0.25) is 0 Å². The van der Waals surface area contributed by atoms with Gasteiger partial charge in [-0.05, 0) is 144 Å². The monoisotopic (exact) mass is 909 g/mol. The molecule has 0 saturated heterocycles. The lowest BCUT2D eigenvalue weighted by Gasteiger charge is -2.63. The van der Waals surface area contributed by atoms with Crippen molar-refractivity contribution in [2.24, 2.45) is 86.6 Å².